The number of hydrogen-bond donors (Lipinski definition) is 2. The summed E-state index contributed by atoms with van der Waals surface area (Å²) < 4.78 is 32.4. The molecule has 5 nitrogen and oxygen atoms in total. The van der Waals surface area contributed by atoms with E-state index in [1.165, 1.54) is 25.3 Å². The second kappa shape index (κ2) is 5.72. The molecule has 0 spiro atoms. The Morgan fingerprint density at radius 3 is 2.50 bits per heavy atom. The smallest absolute Gasteiger partial charge is 0.265 e. The molecular weight excluding hydrogens is 346 g/mol. The molecule has 0 atom stereocenters. The topological polar surface area (TPSA) is 75.6 Å². The Kier molecular flexibility index (Phi) is 4.20. The van der Waals surface area contributed by atoms with Crippen molar-refractivity contribution >= 4 is 31.6 Å². The number of aromatic hydroxyl groups is 1. The minimum atomic E-state index is -3.84. The van der Waals surface area contributed by atoms with Gasteiger partial charge in [-0.05, 0) is 46.3 Å². The van der Waals surface area contributed by atoms with Gasteiger partial charge in [-0.15, -0.1) is 0 Å². The molecule has 2 aromatic carbocycles. The molecular formula is C13H12BrNO4S. The molecule has 2 aromatic rings. The van der Waals surface area contributed by atoms with Crippen molar-refractivity contribution in [3.63, 3.8) is 0 Å². The minimum Gasteiger partial charge on any atom is -0.507 e. The van der Waals surface area contributed by atoms with Gasteiger partial charge in [-0.3, -0.25) is 4.72 Å². The van der Waals surface area contributed by atoms with Gasteiger partial charge in [0.25, 0.3) is 10.0 Å². The van der Waals surface area contributed by atoms with Gasteiger partial charge < -0.3 is 9.84 Å². The molecule has 2 rings (SSSR count). The molecule has 20 heavy (non-hydrogen) atoms. The lowest BCUT2D eigenvalue weighted by Gasteiger charge is -2.11. The SMILES string of the molecule is COc1ccc(NS(=O)(=O)c2ccccc2O)cc1Br. The van der Waals surface area contributed by atoms with Crippen LogP contribution in [0.5, 0.6) is 11.5 Å². The fourth-order valence-corrected chi connectivity index (χ4v) is 3.31. The number of rotatable bonds is 4. The van der Waals surface area contributed by atoms with E-state index in [9.17, 15) is 13.5 Å². The second-order valence-corrected chi connectivity index (χ2v) is 6.43. The zero-order valence-corrected chi connectivity index (χ0v) is 12.9. The monoisotopic (exact) mass is 357 g/mol. The number of sulfonamides is 1. The summed E-state index contributed by atoms with van der Waals surface area (Å²) in [4.78, 5) is -0.174. The van der Waals surface area contributed by atoms with Crippen molar-refractivity contribution in [3.8, 4) is 11.5 Å². The van der Waals surface area contributed by atoms with Gasteiger partial charge in [0, 0.05) is 0 Å². The number of phenolic OH excluding ortho intramolecular Hbond substituents is 1. The summed E-state index contributed by atoms with van der Waals surface area (Å²) in [7, 11) is -2.32. The molecule has 0 saturated heterocycles. The van der Waals surface area contributed by atoms with Crippen LogP contribution in [-0.2, 0) is 10.0 Å². The summed E-state index contributed by atoms with van der Waals surface area (Å²) in [5.41, 5.74) is 0.362. The van der Waals surface area contributed by atoms with Crippen molar-refractivity contribution in [1.82, 2.24) is 0 Å². The number of para-hydroxylation sites is 1. The molecule has 0 bridgehead atoms. The van der Waals surface area contributed by atoms with Gasteiger partial charge in [0.1, 0.15) is 16.4 Å². The normalized spacial score (nSPS) is 11.1. The van der Waals surface area contributed by atoms with E-state index in [1.807, 2.05) is 0 Å². The zero-order chi connectivity index (χ0) is 14.8. The van der Waals surface area contributed by atoms with Crippen LogP contribution in [0, 0.1) is 0 Å². The third-order valence-electron chi connectivity index (χ3n) is 2.56. The van der Waals surface area contributed by atoms with Crippen LogP contribution in [0.2, 0.25) is 0 Å². The molecule has 0 radical (unpaired) electrons. The quantitative estimate of drug-likeness (QED) is 0.881. The first-order valence-corrected chi connectivity index (χ1v) is 7.86. The lowest BCUT2D eigenvalue weighted by Crippen LogP contribution is -2.13. The summed E-state index contributed by atoms with van der Waals surface area (Å²) >= 11 is 3.28. The van der Waals surface area contributed by atoms with Gasteiger partial charge in [0.15, 0.2) is 0 Å². The number of halogens is 1. The zero-order valence-electron chi connectivity index (χ0n) is 10.5. The molecule has 0 fully saturated rings. The minimum absolute atomic E-state index is 0.174. The summed E-state index contributed by atoms with van der Waals surface area (Å²) in [6.07, 6.45) is 0. The van der Waals surface area contributed by atoms with Crippen LogP contribution in [0.15, 0.2) is 51.8 Å². The fourth-order valence-electron chi connectivity index (χ4n) is 1.62. The predicted molar refractivity (Wildman–Crippen MR) is 79.6 cm³/mol. The third-order valence-corrected chi connectivity index (χ3v) is 4.61. The van der Waals surface area contributed by atoms with Crippen LogP contribution in [0.25, 0.3) is 0 Å². The van der Waals surface area contributed by atoms with E-state index in [0.29, 0.717) is 15.9 Å². The average Bonchev–Trinajstić information content (AvgIpc) is 2.38. The van der Waals surface area contributed by atoms with Crippen molar-refractivity contribution in [2.24, 2.45) is 0 Å². The van der Waals surface area contributed by atoms with E-state index in [2.05, 4.69) is 20.7 Å². The third kappa shape index (κ3) is 3.05. The van der Waals surface area contributed by atoms with Crippen molar-refractivity contribution in [1.29, 1.82) is 0 Å². The highest BCUT2D eigenvalue weighted by molar-refractivity contribution is 9.10. The van der Waals surface area contributed by atoms with E-state index >= 15 is 0 Å². The van der Waals surface area contributed by atoms with Crippen LogP contribution in [0.3, 0.4) is 0 Å². The number of ether oxygens (including phenoxy) is 1. The molecule has 0 heterocycles. The van der Waals surface area contributed by atoms with Crippen molar-refractivity contribution < 1.29 is 18.3 Å². The molecule has 0 aliphatic carbocycles. The van der Waals surface area contributed by atoms with Crippen LogP contribution in [0.4, 0.5) is 5.69 Å². The van der Waals surface area contributed by atoms with Crippen molar-refractivity contribution in [2.75, 3.05) is 11.8 Å². The Labute approximate surface area is 125 Å². The number of hydrogen-bond acceptors (Lipinski definition) is 4. The predicted octanol–water partition coefficient (Wildman–Crippen LogP) is 2.96. The number of benzene rings is 2. The number of phenols is 1. The molecule has 0 aromatic heterocycles. The Hall–Kier alpha value is -1.73. The summed E-state index contributed by atoms with van der Waals surface area (Å²) in [6.45, 7) is 0. The van der Waals surface area contributed by atoms with Gasteiger partial charge in [0.2, 0.25) is 0 Å². The molecule has 0 unspecified atom stereocenters. The van der Waals surface area contributed by atoms with E-state index in [-0.39, 0.29) is 10.6 Å². The number of nitrogens with one attached hydrogen (secondary N) is 1. The van der Waals surface area contributed by atoms with E-state index in [4.69, 9.17) is 4.74 Å². The van der Waals surface area contributed by atoms with Crippen LogP contribution in [0.1, 0.15) is 0 Å². The summed E-state index contributed by atoms with van der Waals surface area (Å²) in [6, 6.07) is 10.5. The molecule has 106 valence electrons. The molecule has 7 heteroatoms. The van der Waals surface area contributed by atoms with E-state index in [0.717, 1.165) is 0 Å². The van der Waals surface area contributed by atoms with Crippen molar-refractivity contribution in [2.45, 2.75) is 4.90 Å². The van der Waals surface area contributed by atoms with Crippen molar-refractivity contribution in [3.05, 3.63) is 46.9 Å². The molecule has 0 aliphatic rings. The van der Waals surface area contributed by atoms with Gasteiger partial charge in [-0.1, -0.05) is 12.1 Å². The Morgan fingerprint density at radius 1 is 1.20 bits per heavy atom. The highest BCUT2D eigenvalue weighted by atomic mass is 79.9. The fraction of sp³-hybridized carbons (Fsp3) is 0.0769. The lowest BCUT2D eigenvalue weighted by atomic mass is 10.3. The Morgan fingerprint density at radius 2 is 1.90 bits per heavy atom. The largest absolute Gasteiger partial charge is 0.507 e. The second-order valence-electron chi connectivity index (χ2n) is 3.92. The molecule has 0 amide bonds. The number of methoxy groups -OCH3 is 1. The van der Waals surface area contributed by atoms with E-state index < -0.39 is 10.0 Å². The highest BCUT2D eigenvalue weighted by Gasteiger charge is 2.18. The Bertz CT molecular complexity index is 731. The highest BCUT2D eigenvalue weighted by Crippen LogP contribution is 2.30. The first kappa shape index (κ1) is 14.7. The molecule has 0 aliphatic heterocycles. The summed E-state index contributed by atoms with van der Waals surface area (Å²) in [5, 5.41) is 9.61. The standard InChI is InChI=1S/C13H12BrNO4S/c1-19-12-7-6-9(8-10(12)14)15-20(17,18)13-5-3-2-4-11(13)16/h2-8,15-16H,1H3. The Balaban J connectivity index is 2.34. The maximum absolute atomic E-state index is 12.2. The van der Waals surface area contributed by atoms with Crippen LogP contribution < -0.4 is 9.46 Å². The average molecular weight is 358 g/mol. The lowest BCUT2D eigenvalue weighted by molar-refractivity contribution is 0.412. The van der Waals surface area contributed by atoms with Gasteiger partial charge in [-0.25, -0.2) is 8.42 Å². The first-order valence-electron chi connectivity index (χ1n) is 5.58. The van der Waals surface area contributed by atoms with Crippen LogP contribution >= 0.6 is 15.9 Å². The van der Waals surface area contributed by atoms with Gasteiger partial charge in [0.05, 0.1) is 17.3 Å². The van der Waals surface area contributed by atoms with Gasteiger partial charge in [-0.2, -0.15) is 0 Å². The van der Waals surface area contributed by atoms with Gasteiger partial charge >= 0.3 is 0 Å². The number of anilines is 1. The maximum Gasteiger partial charge on any atom is 0.265 e. The van der Waals surface area contributed by atoms with E-state index in [1.54, 1.807) is 24.3 Å². The molecule has 2 N–H and O–H groups in total. The van der Waals surface area contributed by atoms with Crippen LogP contribution in [-0.4, -0.2) is 20.6 Å². The first-order chi connectivity index (χ1) is 9.44. The molecule has 0 saturated carbocycles. The maximum atomic E-state index is 12.2. The summed E-state index contributed by atoms with van der Waals surface area (Å²) in [5.74, 6) is 0.295.